The third-order valence-electron chi connectivity index (χ3n) is 4.77. The Kier molecular flexibility index (Phi) is 5.22. The van der Waals surface area contributed by atoms with Crippen molar-refractivity contribution in [3.63, 3.8) is 0 Å². The van der Waals surface area contributed by atoms with Crippen LogP contribution in [-0.4, -0.2) is 25.5 Å². The Balaban J connectivity index is 0.00000161. The molecule has 3 rings (SSSR count). The summed E-state index contributed by atoms with van der Waals surface area (Å²) in [7, 11) is 0. The first kappa shape index (κ1) is 16.2. The summed E-state index contributed by atoms with van der Waals surface area (Å²) < 4.78 is 13.1. The zero-order chi connectivity index (χ0) is 14.0. The van der Waals surface area contributed by atoms with Crippen molar-refractivity contribution in [3.05, 3.63) is 35.6 Å². The first-order valence-electron chi connectivity index (χ1n) is 7.44. The highest BCUT2D eigenvalue weighted by Crippen LogP contribution is 2.40. The molecule has 1 aliphatic heterocycles. The molecule has 0 unspecified atom stereocenters. The Bertz CT molecular complexity index is 482. The smallest absolute Gasteiger partial charge is 0.225 e. The van der Waals surface area contributed by atoms with Crippen LogP contribution in [0.4, 0.5) is 4.39 Å². The Morgan fingerprint density at radius 1 is 1.24 bits per heavy atom. The van der Waals surface area contributed by atoms with E-state index in [-0.39, 0.29) is 35.5 Å². The van der Waals surface area contributed by atoms with E-state index in [9.17, 15) is 9.18 Å². The van der Waals surface area contributed by atoms with Crippen molar-refractivity contribution in [3.8, 4) is 0 Å². The number of rotatable bonds is 4. The summed E-state index contributed by atoms with van der Waals surface area (Å²) in [5, 5.41) is 6.22. The summed E-state index contributed by atoms with van der Waals surface area (Å²) in [6.07, 6.45) is 4.50. The molecule has 2 N–H and O–H groups in total. The molecule has 2 fully saturated rings. The van der Waals surface area contributed by atoms with E-state index in [4.69, 9.17) is 0 Å². The molecule has 116 valence electrons. The van der Waals surface area contributed by atoms with Crippen molar-refractivity contribution in [2.45, 2.75) is 31.1 Å². The van der Waals surface area contributed by atoms with Crippen LogP contribution in [0.5, 0.6) is 0 Å². The minimum atomic E-state index is -0.202. The predicted molar refractivity (Wildman–Crippen MR) is 83.2 cm³/mol. The van der Waals surface area contributed by atoms with Crippen LogP contribution in [0.1, 0.15) is 31.2 Å². The van der Waals surface area contributed by atoms with Crippen LogP contribution < -0.4 is 10.6 Å². The maximum atomic E-state index is 13.1. The van der Waals surface area contributed by atoms with Crippen LogP contribution in [0, 0.1) is 11.7 Å². The largest absolute Gasteiger partial charge is 0.355 e. The number of carbonyl (C=O) groups is 1. The zero-order valence-corrected chi connectivity index (χ0v) is 12.8. The van der Waals surface area contributed by atoms with Crippen LogP contribution in [0.25, 0.3) is 0 Å². The first-order valence-corrected chi connectivity index (χ1v) is 7.44. The molecule has 2 aliphatic rings. The van der Waals surface area contributed by atoms with E-state index in [0.717, 1.165) is 31.5 Å². The van der Waals surface area contributed by atoms with E-state index in [0.29, 0.717) is 6.54 Å². The van der Waals surface area contributed by atoms with Gasteiger partial charge in [0, 0.05) is 25.0 Å². The van der Waals surface area contributed by atoms with Gasteiger partial charge in [-0.1, -0.05) is 25.0 Å². The van der Waals surface area contributed by atoms with E-state index in [2.05, 4.69) is 10.6 Å². The van der Waals surface area contributed by atoms with E-state index in [1.54, 1.807) is 0 Å². The number of halogens is 2. The molecule has 0 aromatic heterocycles. The van der Waals surface area contributed by atoms with Gasteiger partial charge in [-0.25, -0.2) is 4.39 Å². The van der Waals surface area contributed by atoms with Crippen LogP contribution in [0.15, 0.2) is 24.3 Å². The van der Waals surface area contributed by atoms with Gasteiger partial charge in [0.1, 0.15) is 5.82 Å². The lowest BCUT2D eigenvalue weighted by Crippen LogP contribution is -2.52. The number of hydrogen-bond acceptors (Lipinski definition) is 2. The minimum absolute atomic E-state index is 0. The van der Waals surface area contributed by atoms with Crippen LogP contribution in [0.3, 0.4) is 0 Å². The third-order valence-corrected chi connectivity index (χ3v) is 4.77. The molecule has 1 heterocycles. The van der Waals surface area contributed by atoms with Crippen LogP contribution in [-0.2, 0) is 10.2 Å². The summed E-state index contributed by atoms with van der Waals surface area (Å²) in [6.45, 7) is 2.25. The van der Waals surface area contributed by atoms with Gasteiger partial charge in [-0.05, 0) is 30.5 Å². The Morgan fingerprint density at radius 2 is 1.86 bits per heavy atom. The Morgan fingerprint density at radius 3 is 2.38 bits per heavy atom. The molecule has 1 aromatic carbocycles. The fourth-order valence-corrected chi connectivity index (χ4v) is 3.30. The summed E-state index contributed by atoms with van der Waals surface area (Å²) in [4.78, 5) is 12.0. The topological polar surface area (TPSA) is 41.1 Å². The average Bonchev–Trinajstić information content (AvgIpc) is 2.85. The second-order valence-corrected chi connectivity index (χ2v) is 6.07. The molecular formula is C16H22ClFN2O. The van der Waals surface area contributed by atoms with Crippen LogP contribution >= 0.6 is 12.4 Å². The summed E-state index contributed by atoms with van der Waals surface area (Å²) in [6, 6.07) is 6.79. The molecule has 1 amide bonds. The van der Waals surface area contributed by atoms with Gasteiger partial charge in [0.05, 0.1) is 5.92 Å². The number of nitrogens with one attached hydrogen (secondary N) is 2. The standard InChI is InChI=1S/C16H21FN2O.ClH/c17-14-5-3-13(4-6-14)16(7-1-2-8-16)11-19-15(20)12-9-18-10-12;/h3-6,12,18H,1-2,7-11H2,(H,19,20);1H. The normalized spacial score (nSPS) is 20.4. The number of benzene rings is 1. The second-order valence-electron chi connectivity index (χ2n) is 6.07. The van der Waals surface area contributed by atoms with E-state index in [1.165, 1.54) is 25.0 Å². The lowest BCUT2D eigenvalue weighted by molar-refractivity contribution is -0.126. The SMILES string of the molecule is Cl.O=C(NCC1(c2ccc(F)cc2)CCCC1)C1CNC1. The molecule has 0 spiro atoms. The molecule has 0 bridgehead atoms. The van der Waals surface area contributed by atoms with E-state index >= 15 is 0 Å². The number of carbonyl (C=O) groups excluding carboxylic acids is 1. The van der Waals surface area contributed by atoms with Gasteiger partial charge in [-0.3, -0.25) is 4.79 Å². The molecule has 0 radical (unpaired) electrons. The molecule has 1 saturated carbocycles. The lowest BCUT2D eigenvalue weighted by Gasteiger charge is -2.32. The molecule has 1 aromatic rings. The minimum Gasteiger partial charge on any atom is -0.355 e. The van der Waals surface area contributed by atoms with Crippen LogP contribution in [0.2, 0.25) is 0 Å². The molecule has 3 nitrogen and oxygen atoms in total. The van der Waals surface area contributed by atoms with Crippen molar-refractivity contribution < 1.29 is 9.18 Å². The monoisotopic (exact) mass is 312 g/mol. The molecular weight excluding hydrogens is 291 g/mol. The maximum absolute atomic E-state index is 13.1. The van der Waals surface area contributed by atoms with Gasteiger partial charge in [0.15, 0.2) is 0 Å². The van der Waals surface area contributed by atoms with Crippen molar-refractivity contribution in [2.24, 2.45) is 5.92 Å². The first-order chi connectivity index (χ1) is 9.70. The Labute approximate surface area is 131 Å². The van der Waals surface area contributed by atoms with E-state index < -0.39 is 0 Å². The van der Waals surface area contributed by atoms with Gasteiger partial charge >= 0.3 is 0 Å². The Hall–Kier alpha value is -1.13. The van der Waals surface area contributed by atoms with Crippen molar-refractivity contribution >= 4 is 18.3 Å². The van der Waals surface area contributed by atoms with Gasteiger partial charge in [0.25, 0.3) is 0 Å². The van der Waals surface area contributed by atoms with Crippen molar-refractivity contribution in [2.75, 3.05) is 19.6 Å². The van der Waals surface area contributed by atoms with Crippen molar-refractivity contribution in [1.29, 1.82) is 0 Å². The highest BCUT2D eigenvalue weighted by Gasteiger charge is 2.36. The van der Waals surface area contributed by atoms with Gasteiger partial charge in [-0.15, -0.1) is 12.4 Å². The quantitative estimate of drug-likeness (QED) is 0.896. The summed E-state index contributed by atoms with van der Waals surface area (Å²) in [5.74, 6) is 0.0743. The maximum Gasteiger partial charge on any atom is 0.225 e. The molecule has 21 heavy (non-hydrogen) atoms. The van der Waals surface area contributed by atoms with Gasteiger partial charge in [0.2, 0.25) is 5.91 Å². The molecule has 0 atom stereocenters. The lowest BCUT2D eigenvalue weighted by atomic mass is 9.78. The number of amides is 1. The molecule has 1 saturated heterocycles. The van der Waals surface area contributed by atoms with Crippen molar-refractivity contribution in [1.82, 2.24) is 10.6 Å². The van der Waals surface area contributed by atoms with E-state index in [1.807, 2.05) is 12.1 Å². The highest BCUT2D eigenvalue weighted by molar-refractivity contribution is 5.85. The fourth-order valence-electron chi connectivity index (χ4n) is 3.30. The summed E-state index contributed by atoms with van der Waals surface area (Å²) in [5.41, 5.74) is 1.16. The van der Waals surface area contributed by atoms with Gasteiger partial charge < -0.3 is 10.6 Å². The summed E-state index contributed by atoms with van der Waals surface area (Å²) >= 11 is 0. The van der Waals surface area contributed by atoms with Gasteiger partial charge in [-0.2, -0.15) is 0 Å². The third kappa shape index (κ3) is 3.38. The fraction of sp³-hybridized carbons (Fsp3) is 0.562. The second kappa shape index (κ2) is 6.75. The highest BCUT2D eigenvalue weighted by atomic mass is 35.5. The predicted octanol–water partition coefficient (Wildman–Crippen LogP) is 2.39. The molecule has 1 aliphatic carbocycles. The zero-order valence-electron chi connectivity index (χ0n) is 12.0. The average molecular weight is 313 g/mol. The molecule has 5 heteroatoms. The number of hydrogen-bond donors (Lipinski definition) is 2.